The van der Waals surface area contributed by atoms with Crippen LogP contribution in [0.15, 0.2) is 60.1 Å². The van der Waals surface area contributed by atoms with Gasteiger partial charge in [0.25, 0.3) is 5.91 Å². The molecule has 1 aromatic heterocycles. The molecule has 1 aromatic carbocycles. The Morgan fingerprint density at radius 1 is 1.17 bits per heavy atom. The van der Waals surface area contributed by atoms with Crippen LogP contribution in [-0.4, -0.2) is 23.2 Å². The van der Waals surface area contributed by atoms with Crippen molar-refractivity contribution in [3.8, 4) is 0 Å². The number of halogens is 1. The van der Waals surface area contributed by atoms with Gasteiger partial charge in [-0.1, -0.05) is 23.1 Å². The highest BCUT2D eigenvalue weighted by Gasteiger charge is 2.24. The third-order valence-corrected chi connectivity index (χ3v) is 4.83. The number of fused-ring (bicyclic) bond motifs is 1. The second-order valence-corrected chi connectivity index (χ2v) is 7.04. The van der Waals surface area contributed by atoms with Crippen molar-refractivity contribution < 1.29 is 14.3 Å². The molecule has 0 saturated heterocycles. The molecule has 0 radical (unpaired) electrons. The van der Waals surface area contributed by atoms with E-state index >= 15 is 0 Å². The lowest BCUT2D eigenvalue weighted by Crippen LogP contribution is -2.38. The smallest absolute Gasteiger partial charge is 0.287 e. The number of furan rings is 1. The molecule has 4 nitrogen and oxygen atoms in total. The highest BCUT2D eigenvalue weighted by molar-refractivity contribution is 6.35. The number of aliphatic hydroxyl groups excluding tert-OH is 1. The molecule has 0 spiro atoms. The summed E-state index contributed by atoms with van der Waals surface area (Å²) in [5.41, 5.74) is 9.49. The molecule has 1 saturated carbocycles. The molecule has 0 bridgehead atoms. The summed E-state index contributed by atoms with van der Waals surface area (Å²) in [5.74, 6) is 0.123. The maximum absolute atomic E-state index is 12.5. The average molecular weight is 414 g/mol. The molecule has 2 N–H and O–H groups in total. The Hall–Kier alpha value is -2.70. The zero-order valence-corrected chi connectivity index (χ0v) is 17.9. The zero-order valence-electron chi connectivity index (χ0n) is 17.1. The Morgan fingerprint density at radius 2 is 1.76 bits per heavy atom. The molecule has 5 heteroatoms. The van der Waals surface area contributed by atoms with Gasteiger partial charge in [0.05, 0.1) is 11.1 Å². The summed E-state index contributed by atoms with van der Waals surface area (Å²) < 4.78 is 5.72. The highest BCUT2D eigenvalue weighted by Crippen LogP contribution is 2.32. The minimum absolute atomic E-state index is 0.0979. The third-order valence-electron chi connectivity index (χ3n) is 4.55. The topological polar surface area (TPSA) is 62.5 Å². The van der Waals surface area contributed by atoms with Crippen LogP contribution in [0.2, 0.25) is 5.02 Å². The molecule has 2 aromatic rings. The molecular weight excluding hydrogens is 386 g/mol. The first-order chi connectivity index (χ1) is 13.9. The molecule has 0 unspecified atom stereocenters. The molecule has 1 fully saturated rings. The lowest BCUT2D eigenvalue weighted by molar-refractivity contribution is 0.0844. The van der Waals surface area contributed by atoms with E-state index in [1.54, 1.807) is 0 Å². The third kappa shape index (κ3) is 6.69. The van der Waals surface area contributed by atoms with E-state index in [-0.39, 0.29) is 18.1 Å². The van der Waals surface area contributed by atoms with Crippen LogP contribution in [0.3, 0.4) is 0 Å². The van der Waals surface area contributed by atoms with Crippen LogP contribution in [0, 0.1) is 13.8 Å². The fourth-order valence-corrected chi connectivity index (χ4v) is 3.47. The predicted octanol–water partition coefficient (Wildman–Crippen LogP) is 5.81. The van der Waals surface area contributed by atoms with E-state index in [4.69, 9.17) is 16.0 Å². The quantitative estimate of drug-likeness (QED) is 0.482. The van der Waals surface area contributed by atoms with Gasteiger partial charge in [-0.2, -0.15) is 0 Å². The first-order valence-corrected chi connectivity index (χ1v) is 9.72. The van der Waals surface area contributed by atoms with Gasteiger partial charge in [-0.25, -0.2) is 0 Å². The Balaban J connectivity index is 0.000000527. The maximum atomic E-state index is 12.5. The predicted molar refractivity (Wildman–Crippen MR) is 119 cm³/mol. The van der Waals surface area contributed by atoms with Gasteiger partial charge in [-0.15, -0.1) is 13.2 Å². The summed E-state index contributed by atoms with van der Waals surface area (Å²) in [6, 6.07) is 3.91. The molecule has 29 heavy (non-hydrogen) atoms. The van der Waals surface area contributed by atoms with Gasteiger partial charge in [0.2, 0.25) is 0 Å². The number of carbonyl (C=O) groups is 1. The second-order valence-electron chi connectivity index (χ2n) is 6.64. The number of hydrogen-bond acceptors (Lipinski definition) is 3. The Morgan fingerprint density at radius 3 is 2.28 bits per heavy atom. The van der Waals surface area contributed by atoms with Crippen molar-refractivity contribution in [2.24, 2.45) is 0 Å². The lowest BCUT2D eigenvalue weighted by atomic mass is 9.93. The van der Waals surface area contributed by atoms with Crippen molar-refractivity contribution in [2.45, 2.75) is 51.7 Å². The van der Waals surface area contributed by atoms with Crippen molar-refractivity contribution in [1.82, 2.24) is 5.32 Å². The number of carbonyl (C=O) groups excluding carboxylic acids is 1. The van der Waals surface area contributed by atoms with Gasteiger partial charge in [0, 0.05) is 17.0 Å². The Labute approximate surface area is 177 Å². The van der Waals surface area contributed by atoms with Crippen LogP contribution in [0.5, 0.6) is 0 Å². The summed E-state index contributed by atoms with van der Waals surface area (Å²) >= 11 is 6.21. The SMILES string of the molecule is C=C.C=C=C=C=C.Cc1cc(Cl)c2oc(C(=O)NC3CCC(O)CC3)c(C)c2c1. The molecule has 1 aliphatic rings. The van der Waals surface area contributed by atoms with Crippen molar-refractivity contribution in [3.05, 3.63) is 77.6 Å². The van der Waals surface area contributed by atoms with Crippen molar-refractivity contribution in [1.29, 1.82) is 0 Å². The number of hydrogen-bond donors (Lipinski definition) is 2. The first-order valence-electron chi connectivity index (χ1n) is 9.34. The van der Waals surface area contributed by atoms with E-state index < -0.39 is 0 Å². The average Bonchev–Trinajstić information content (AvgIpc) is 3.03. The fourth-order valence-electron chi connectivity index (χ4n) is 3.16. The number of amides is 1. The summed E-state index contributed by atoms with van der Waals surface area (Å²) in [4.78, 5) is 12.5. The molecular formula is C24H28ClNO3. The number of aliphatic hydroxyl groups is 1. The van der Waals surface area contributed by atoms with E-state index in [9.17, 15) is 9.90 Å². The summed E-state index contributed by atoms with van der Waals surface area (Å²) in [6.45, 7) is 16.3. The molecule has 1 heterocycles. The van der Waals surface area contributed by atoms with E-state index in [1.165, 1.54) is 0 Å². The number of nitrogens with one attached hydrogen (secondary N) is 1. The molecule has 0 aliphatic heterocycles. The van der Waals surface area contributed by atoms with Crippen molar-refractivity contribution in [2.75, 3.05) is 0 Å². The minimum atomic E-state index is -0.233. The zero-order chi connectivity index (χ0) is 22.0. The molecule has 3 rings (SSSR count). The van der Waals surface area contributed by atoms with Crippen LogP contribution in [0.1, 0.15) is 47.4 Å². The van der Waals surface area contributed by atoms with Gasteiger partial charge in [-0.3, -0.25) is 4.79 Å². The minimum Gasteiger partial charge on any atom is -0.449 e. The van der Waals surface area contributed by atoms with E-state index in [2.05, 4.69) is 48.8 Å². The number of rotatable bonds is 2. The van der Waals surface area contributed by atoms with Crippen LogP contribution in [-0.2, 0) is 0 Å². The fraction of sp³-hybridized carbons (Fsp3) is 0.333. The number of aryl methyl sites for hydroxylation is 2. The maximum Gasteiger partial charge on any atom is 0.287 e. The van der Waals surface area contributed by atoms with Gasteiger partial charge < -0.3 is 14.8 Å². The monoisotopic (exact) mass is 413 g/mol. The van der Waals surface area contributed by atoms with Gasteiger partial charge in [0.15, 0.2) is 11.3 Å². The Kier molecular flexibility index (Phi) is 10.1. The van der Waals surface area contributed by atoms with E-state index in [1.807, 2.05) is 26.0 Å². The van der Waals surface area contributed by atoms with Gasteiger partial charge >= 0.3 is 0 Å². The standard InChI is InChI=1S/C17H20ClNO3.C5H4.C2H4/c1-9-7-13-10(2)15(22-16(13)14(18)8-9)17(21)19-11-3-5-12(20)6-4-11;1-3-5-4-2;1-2/h7-8,11-12,20H,3-6H2,1-2H3,(H,19,21);1-2H2;1-2H2. The van der Waals surface area contributed by atoms with Gasteiger partial charge in [0.1, 0.15) is 0 Å². The summed E-state index contributed by atoms with van der Waals surface area (Å²) in [7, 11) is 0. The Bertz CT molecular complexity index is 938. The number of benzene rings is 1. The molecule has 1 aliphatic carbocycles. The molecule has 154 valence electrons. The van der Waals surface area contributed by atoms with Crippen LogP contribution < -0.4 is 5.32 Å². The second kappa shape index (κ2) is 12.0. The molecule has 1 amide bonds. The van der Waals surface area contributed by atoms with Gasteiger partial charge in [-0.05, 0) is 76.1 Å². The van der Waals surface area contributed by atoms with Crippen molar-refractivity contribution in [3.63, 3.8) is 0 Å². The van der Waals surface area contributed by atoms with Crippen LogP contribution >= 0.6 is 11.6 Å². The largest absolute Gasteiger partial charge is 0.449 e. The van der Waals surface area contributed by atoms with Crippen LogP contribution in [0.25, 0.3) is 11.0 Å². The first kappa shape index (κ1) is 24.3. The summed E-state index contributed by atoms with van der Waals surface area (Å²) in [6.07, 6.45) is 2.82. The van der Waals surface area contributed by atoms with Crippen molar-refractivity contribution >= 4 is 28.5 Å². The molecule has 0 atom stereocenters. The van der Waals surface area contributed by atoms with E-state index in [0.29, 0.717) is 16.4 Å². The van der Waals surface area contributed by atoms with Crippen LogP contribution in [0.4, 0.5) is 0 Å². The highest BCUT2D eigenvalue weighted by atomic mass is 35.5. The lowest BCUT2D eigenvalue weighted by Gasteiger charge is -2.25. The summed E-state index contributed by atoms with van der Waals surface area (Å²) in [5, 5.41) is 13.9. The van der Waals surface area contributed by atoms with E-state index in [0.717, 1.165) is 42.2 Å². The normalized spacial score (nSPS) is 17.4.